The number of para-hydroxylation sites is 4. The normalized spacial score (nSPS) is 11.6. The molecule has 5 heteroatoms. The lowest BCUT2D eigenvalue weighted by Crippen LogP contribution is -2.01. The van der Waals surface area contributed by atoms with Crippen LogP contribution in [0.1, 0.15) is 11.1 Å². The molecule has 0 saturated carbocycles. The van der Waals surface area contributed by atoms with E-state index < -0.39 is 0 Å². The van der Waals surface area contributed by atoms with Crippen LogP contribution in [0.5, 0.6) is 0 Å². The molecule has 3 aromatic heterocycles. The molecule has 7 aromatic carbocycles. The molecule has 10 rings (SSSR count). The van der Waals surface area contributed by atoms with E-state index in [9.17, 15) is 10.5 Å². The highest BCUT2D eigenvalue weighted by Crippen LogP contribution is 2.45. The van der Waals surface area contributed by atoms with Gasteiger partial charge in [-0.25, -0.2) is 0 Å². The van der Waals surface area contributed by atoms with Crippen LogP contribution in [-0.2, 0) is 0 Å². The molecule has 0 radical (unpaired) electrons. The van der Waals surface area contributed by atoms with Crippen LogP contribution in [0.15, 0.2) is 146 Å². The minimum atomic E-state index is 0.650. The van der Waals surface area contributed by atoms with Crippen molar-refractivity contribution < 1.29 is 0 Å². The molecule has 3 heterocycles. The van der Waals surface area contributed by atoms with E-state index in [0.29, 0.717) is 11.1 Å². The average Bonchev–Trinajstić information content (AvgIpc) is 3.81. The van der Waals surface area contributed by atoms with Crippen molar-refractivity contribution in [1.29, 1.82) is 10.5 Å². The Kier molecular flexibility index (Phi) is 5.84. The molecule has 0 atom stereocenters. The van der Waals surface area contributed by atoms with Gasteiger partial charge in [0.15, 0.2) is 0 Å². The topological polar surface area (TPSA) is 57.4 Å². The van der Waals surface area contributed by atoms with Gasteiger partial charge in [-0.1, -0.05) is 72.8 Å². The molecule has 0 aliphatic rings. The SMILES string of the molecule is N#Cc1ccc2sc3ccc4c(c5ccccc5n4-c4ccccc4-c4ccccc4-n4c5ccccc5c5cc(C#N)ccc54)c3c2c1. The maximum atomic E-state index is 9.75. The van der Waals surface area contributed by atoms with Gasteiger partial charge in [-0.2, -0.15) is 10.5 Å². The summed E-state index contributed by atoms with van der Waals surface area (Å²) in [6, 6.07) is 55.5. The second-order valence-electron chi connectivity index (χ2n) is 12.3. The van der Waals surface area contributed by atoms with Crippen LogP contribution in [0.4, 0.5) is 0 Å². The summed E-state index contributed by atoms with van der Waals surface area (Å²) in [5.41, 5.74) is 10.1. The fourth-order valence-electron chi connectivity index (χ4n) is 7.75. The van der Waals surface area contributed by atoms with Crippen LogP contribution in [0.25, 0.3) is 86.3 Å². The molecule has 0 fully saturated rings. The van der Waals surface area contributed by atoms with E-state index in [1.807, 2.05) is 24.3 Å². The first-order valence-electron chi connectivity index (χ1n) is 16.1. The van der Waals surface area contributed by atoms with Gasteiger partial charge in [-0.05, 0) is 72.8 Å². The van der Waals surface area contributed by atoms with Gasteiger partial charge in [0.05, 0.1) is 56.7 Å². The lowest BCUT2D eigenvalue weighted by atomic mass is 10.0. The first-order valence-corrected chi connectivity index (χ1v) is 17.0. The first kappa shape index (κ1) is 27.5. The van der Waals surface area contributed by atoms with Crippen LogP contribution in [0, 0.1) is 22.7 Å². The largest absolute Gasteiger partial charge is 0.309 e. The Morgan fingerprint density at radius 3 is 1.63 bits per heavy atom. The summed E-state index contributed by atoms with van der Waals surface area (Å²) < 4.78 is 7.13. The Morgan fingerprint density at radius 1 is 0.408 bits per heavy atom. The molecule has 0 unspecified atom stereocenters. The van der Waals surface area contributed by atoms with Crippen molar-refractivity contribution in [2.75, 3.05) is 0 Å². The van der Waals surface area contributed by atoms with Crippen LogP contribution >= 0.6 is 11.3 Å². The van der Waals surface area contributed by atoms with E-state index in [4.69, 9.17) is 0 Å². The quantitative estimate of drug-likeness (QED) is 0.193. The van der Waals surface area contributed by atoms with Crippen LogP contribution < -0.4 is 0 Å². The zero-order chi connectivity index (χ0) is 32.6. The van der Waals surface area contributed by atoms with Gasteiger partial charge in [-0.15, -0.1) is 11.3 Å². The Labute approximate surface area is 285 Å². The monoisotopic (exact) mass is 640 g/mol. The fourth-order valence-corrected chi connectivity index (χ4v) is 8.84. The predicted octanol–water partition coefficient (Wildman–Crippen LogP) is 11.7. The number of benzene rings is 7. The summed E-state index contributed by atoms with van der Waals surface area (Å²) in [6.45, 7) is 0. The third-order valence-electron chi connectivity index (χ3n) is 9.78. The van der Waals surface area contributed by atoms with Gasteiger partial charge in [0, 0.05) is 52.8 Å². The third-order valence-corrected chi connectivity index (χ3v) is 10.9. The van der Waals surface area contributed by atoms with E-state index >= 15 is 0 Å². The highest BCUT2D eigenvalue weighted by Gasteiger charge is 2.22. The van der Waals surface area contributed by atoms with E-state index in [1.165, 1.54) is 25.6 Å². The Hall–Kier alpha value is -6.66. The number of nitriles is 2. The number of fused-ring (bicyclic) bond motifs is 10. The van der Waals surface area contributed by atoms with Crippen molar-refractivity contribution in [2.45, 2.75) is 0 Å². The maximum absolute atomic E-state index is 9.75. The first-order chi connectivity index (χ1) is 24.2. The van der Waals surface area contributed by atoms with Crippen LogP contribution in [0.3, 0.4) is 0 Å². The smallest absolute Gasteiger partial charge is 0.0991 e. The van der Waals surface area contributed by atoms with Crippen LogP contribution in [0.2, 0.25) is 0 Å². The summed E-state index contributed by atoms with van der Waals surface area (Å²) in [7, 11) is 0. The Bertz CT molecular complexity index is 3090. The summed E-state index contributed by atoms with van der Waals surface area (Å²) in [6.07, 6.45) is 0. The minimum Gasteiger partial charge on any atom is -0.309 e. The maximum Gasteiger partial charge on any atom is 0.0991 e. The minimum absolute atomic E-state index is 0.650. The molecule has 0 aliphatic carbocycles. The molecule has 0 bridgehead atoms. The molecular weight excluding hydrogens is 617 g/mol. The molecule has 0 aliphatic heterocycles. The summed E-state index contributed by atoms with van der Waals surface area (Å²) in [4.78, 5) is 0. The van der Waals surface area contributed by atoms with Gasteiger partial charge in [0.25, 0.3) is 0 Å². The van der Waals surface area contributed by atoms with E-state index in [-0.39, 0.29) is 0 Å². The van der Waals surface area contributed by atoms with Gasteiger partial charge in [-0.3, -0.25) is 0 Å². The number of rotatable bonds is 3. The number of nitrogens with zero attached hydrogens (tertiary/aromatic N) is 4. The summed E-state index contributed by atoms with van der Waals surface area (Å²) >= 11 is 1.77. The Morgan fingerprint density at radius 2 is 0.918 bits per heavy atom. The summed E-state index contributed by atoms with van der Waals surface area (Å²) in [5, 5.41) is 26.3. The van der Waals surface area contributed by atoms with Crippen molar-refractivity contribution in [3.05, 3.63) is 157 Å². The highest BCUT2D eigenvalue weighted by molar-refractivity contribution is 7.26. The zero-order valence-electron chi connectivity index (χ0n) is 26.1. The van der Waals surface area contributed by atoms with Gasteiger partial charge < -0.3 is 9.13 Å². The predicted molar refractivity (Wildman–Crippen MR) is 203 cm³/mol. The molecule has 10 aromatic rings. The van der Waals surface area contributed by atoms with Gasteiger partial charge in [0.2, 0.25) is 0 Å². The fraction of sp³-hybridized carbons (Fsp3) is 0. The van der Waals surface area contributed by atoms with Crippen molar-refractivity contribution in [3.8, 4) is 34.6 Å². The van der Waals surface area contributed by atoms with Gasteiger partial charge >= 0.3 is 0 Å². The van der Waals surface area contributed by atoms with Crippen molar-refractivity contribution >= 4 is 75.1 Å². The van der Waals surface area contributed by atoms with E-state index in [1.54, 1.807) is 11.3 Å². The van der Waals surface area contributed by atoms with E-state index in [2.05, 4.69) is 143 Å². The van der Waals surface area contributed by atoms with E-state index in [0.717, 1.165) is 60.7 Å². The molecule has 49 heavy (non-hydrogen) atoms. The molecule has 4 nitrogen and oxygen atoms in total. The molecular formula is C44H24N4S. The zero-order valence-corrected chi connectivity index (χ0v) is 26.9. The third kappa shape index (κ3) is 3.88. The Balaban J connectivity index is 1.29. The van der Waals surface area contributed by atoms with Crippen molar-refractivity contribution in [3.63, 3.8) is 0 Å². The molecule has 0 saturated heterocycles. The number of hydrogen-bond acceptors (Lipinski definition) is 3. The molecule has 0 N–H and O–H groups in total. The number of aromatic nitrogens is 2. The second kappa shape index (κ2) is 10.4. The number of hydrogen-bond donors (Lipinski definition) is 0. The van der Waals surface area contributed by atoms with Crippen molar-refractivity contribution in [2.24, 2.45) is 0 Å². The van der Waals surface area contributed by atoms with Gasteiger partial charge in [0.1, 0.15) is 0 Å². The summed E-state index contributed by atoms with van der Waals surface area (Å²) in [5.74, 6) is 0. The molecule has 0 spiro atoms. The highest BCUT2D eigenvalue weighted by atomic mass is 32.1. The molecule has 0 amide bonds. The van der Waals surface area contributed by atoms with Crippen molar-refractivity contribution in [1.82, 2.24) is 9.13 Å². The van der Waals surface area contributed by atoms with Crippen LogP contribution in [-0.4, -0.2) is 9.13 Å². The lowest BCUT2D eigenvalue weighted by molar-refractivity contribution is 1.16. The molecule has 226 valence electrons. The number of thiophene rings is 1. The average molecular weight is 641 g/mol. The lowest BCUT2D eigenvalue weighted by Gasteiger charge is -2.18. The standard InChI is InChI=1S/C44H24N4S/c45-25-27-17-19-39-33(23-27)31-11-3-7-15-37(31)47(39)35-13-5-1-9-29(35)30-10-2-6-14-36(30)48-38-16-8-4-12-32(38)43-40(48)20-22-42-44(43)34-24-28(26-46)18-21-41(34)49-42/h1-24H. The second-order valence-corrected chi connectivity index (χ2v) is 13.4.